The summed E-state index contributed by atoms with van der Waals surface area (Å²) in [6.45, 7) is 0.561. The van der Waals surface area contributed by atoms with Gasteiger partial charge in [-0.05, 0) is 31.0 Å². The lowest BCUT2D eigenvalue weighted by Crippen LogP contribution is -2.32. The maximum atomic E-state index is 12.6. The first-order valence-corrected chi connectivity index (χ1v) is 8.04. The van der Waals surface area contributed by atoms with Crippen LogP contribution in [0.15, 0.2) is 23.1 Å². The summed E-state index contributed by atoms with van der Waals surface area (Å²) in [5, 5.41) is -0.261. The van der Waals surface area contributed by atoms with Crippen LogP contribution in [-0.2, 0) is 20.9 Å². The Balaban J connectivity index is 2.22. The number of sulfonamides is 1. The summed E-state index contributed by atoms with van der Waals surface area (Å²) in [5.74, 6) is 0. The number of ether oxygens (including phenoxy) is 1. The number of rotatable bonds is 4. The lowest BCUT2D eigenvalue weighted by molar-refractivity contribution is -0.137. The Morgan fingerprint density at radius 3 is 2.67 bits per heavy atom. The quantitative estimate of drug-likeness (QED) is 0.914. The maximum absolute atomic E-state index is 12.6. The summed E-state index contributed by atoms with van der Waals surface area (Å²) in [6, 6.07) is 2.19. The molecule has 2 rings (SSSR count). The van der Waals surface area contributed by atoms with Crippen LogP contribution in [0.1, 0.15) is 18.4 Å². The van der Waals surface area contributed by atoms with Gasteiger partial charge in [0, 0.05) is 13.2 Å². The Bertz CT molecular complexity index is 613. The normalized spacial score (nSPS) is 19.9. The van der Waals surface area contributed by atoms with Gasteiger partial charge in [-0.15, -0.1) is 0 Å². The molecule has 1 unspecified atom stereocenters. The monoisotopic (exact) mass is 343 g/mol. The van der Waals surface area contributed by atoms with Gasteiger partial charge < -0.3 is 4.74 Å². The minimum atomic E-state index is -4.64. The first kappa shape index (κ1) is 16.5. The topological polar surface area (TPSA) is 55.4 Å². The maximum Gasteiger partial charge on any atom is 0.416 e. The van der Waals surface area contributed by atoms with Crippen LogP contribution in [0.25, 0.3) is 0 Å². The third-order valence-corrected chi connectivity index (χ3v) is 4.98. The van der Waals surface area contributed by atoms with Crippen molar-refractivity contribution >= 4 is 21.6 Å². The minimum Gasteiger partial charge on any atom is -0.377 e. The molecule has 0 amide bonds. The van der Waals surface area contributed by atoms with E-state index >= 15 is 0 Å². The summed E-state index contributed by atoms with van der Waals surface area (Å²) in [5.41, 5.74) is -1.07. The van der Waals surface area contributed by atoms with Crippen LogP contribution in [0.2, 0.25) is 5.02 Å². The van der Waals surface area contributed by atoms with Gasteiger partial charge in [0.15, 0.2) is 0 Å². The lowest BCUT2D eigenvalue weighted by atomic mass is 10.2. The second kappa shape index (κ2) is 6.12. The van der Waals surface area contributed by atoms with Crippen LogP contribution in [0, 0.1) is 0 Å². The van der Waals surface area contributed by atoms with Gasteiger partial charge in [-0.25, -0.2) is 13.1 Å². The second-order valence-corrected chi connectivity index (χ2v) is 6.77. The molecule has 1 aromatic carbocycles. The molecule has 1 aliphatic rings. The fourth-order valence-electron chi connectivity index (χ4n) is 1.97. The molecule has 21 heavy (non-hydrogen) atoms. The molecule has 1 N–H and O–H groups in total. The van der Waals surface area contributed by atoms with E-state index in [2.05, 4.69) is 4.72 Å². The molecule has 1 aromatic rings. The van der Waals surface area contributed by atoms with E-state index in [9.17, 15) is 21.6 Å². The summed E-state index contributed by atoms with van der Waals surface area (Å²) >= 11 is 5.71. The zero-order valence-corrected chi connectivity index (χ0v) is 12.4. The molecule has 0 saturated carbocycles. The highest BCUT2D eigenvalue weighted by Gasteiger charge is 2.33. The highest BCUT2D eigenvalue weighted by molar-refractivity contribution is 7.89. The molecule has 0 bridgehead atoms. The summed E-state index contributed by atoms with van der Waals surface area (Å²) in [4.78, 5) is -0.586. The molecular weight excluding hydrogens is 331 g/mol. The van der Waals surface area contributed by atoms with E-state index in [1.807, 2.05) is 0 Å². The number of hydrogen-bond acceptors (Lipinski definition) is 3. The van der Waals surface area contributed by atoms with Crippen LogP contribution < -0.4 is 4.72 Å². The molecule has 1 fully saturated rings. The van der Waals surface area contributed by atoms with Crippen molar-refractivity contribution in [2.75, 3.05) is 13.2 Å². The molecule has 9 heteroatoms. The SMILES string of the molecule is O=S(=O)(NCC1CCCO1)c1cc(C(F)(F)F)ccc1Cl. The number of hydrogen-bond donors (Lipinski definition) is 1. The van der Waals surface area contributed by atoms with E-state index in [4.69, 9.17) is 16.3 Å². The van der Waals surface area contributed by atoms with E-state index in [0.29, 0.717) is 19.1 Å². The Morgan fingerprint density at radius 2 is 2.10 bits per heavy atom. The van der Waals surface area contributed by atoms with Gasteiger partial charge in [0.05, 0.1) is 16.7 Å². The van der Waals surface area contributed by atoms with Crippen molar-refractivity contribution in [1.29, 1.82) is 0 Å². The van der Waals surface area contributed by atoms with E-state index in [1.54, 1.807) is 0 Å². The van der Waals surface area contributed by atoms with Gasteiger partial charge >= 0.3 is 6.18 Å². The van der Waals surface area contributed by atoms with Crippen molar-refractivity contribution in [1.82, 2.24) is 4.72 Å². The fourth-order valence-corrected chi connectivity index (χ4v) is 3.56. The number of halogens is 4. The predicted octanol–water partition coefficient (Wildman–Crippen LogP) is 2.82. The second-order valence-electron chi connectivity index (χ2n) is 4.63. The largest absolute Gasteiger partial charge is 0.416 e. The van der Waals surface area contributed by atoms with Crippen molar-refractivity contribution in [2.45, 2.75) is 30.0 Å². The average Bonchev–Trinajstić information content (AvgIpc) is 2.88. The smallest absolute Gasteiger partial charge is 0.377 e. The van der Waals surface area contributed by atoms with E-state index < -0.39 is 26.7 Å². The first-order chi connectivity index (χ1) is 9.70. The third-order valence-electron chi connectivity index (χ3n) is 3.07. The highest BCUT2D eigenvalue weighted by atomic mass is 35.5. The van der Waals surface area contributed by atoms with Crippen LogP contribution in [-0.4, -0.2) is 27.7 Å². The summed E-state index contributed by atoms with van der Waals surface area (Å²) in [6.07, 6.45) is -3.36. The Kier molecular flexibility index (Phi) is 4.82. The van der Waals surface area contributed by atoms with E-state index in [0.717, 1.165) is 18.6 Å². The van der Waals surface area contributed by atoms with Crippen molar-refractivity contribution in [2.24, 2.45) is 0 Å². The molecule has 1 heterocycles. The van der Waals surface area contributed by atoms with Gasteiger partial charge in [0.2, 0.25) is 10.0 Å². The number of alkyl halides is 3. The molecule has 1 atom stereocenters. The van der Waals surface area contributed by atoms with Gasteiger partial charge in [-0.3, -0.25) is 0 Å². The Morgan fingerprint density at radius 1 is 1.38 bits per heavy atom. The van der Waals surface area contributed by atoms with Gasteiger partial charge in [0.1, 0.15) is 4.90 Å². The summed E-state index contributed by atoms with van der Waals surface area (Å²) < 4.78 is 69.5. The fraction of sp³-hybridized carbons (Fsp3) is 0.500. The Labute approximate surface area is 125 Å². The molecule has 118 valence electrons. The number of benzene rings is 1. The van der Waals surface area contributed by atoms with Crippen LogP contribution >= 0.6 is 11.6 Å². The van der Waals surface area contributed by atoms with Crippen LogP contribution in [0.3, 0.4) is 0 Å². The van der Waals surface area contributed by atoms with Gasteiger partial charge in [-0.2, -0.15) is 13.2 Å². The van der Waals surface area contributed by atoms with Crippen molar-refractivity contribution < 1.29 is 26.3 Å². The minimum absolute atomic E-state index is 0.00884. The molecule has 0 radical (unpaired) electrons. The average molecular weight is 344 g/mol. The standard InChI is InChI=1S/C12H13ClF3NO3S/c13-10-4-3-8(12(14,15)16)6-11(10)21(18,19)17-7-9-2-1-5-20-9/h3-4,6,9,17H,1-2,5,7H2. The highest BCUT2D eigenvalue weighted by Crippen LogP contribution is 2.33. The van der Waals surface area contributed by atoms with Gasteiger partial charge in [0.25, 0.3) is 0 Å². The lowest BCUT2D eigenvalue weighted by Gasteiger charge is -2.14. The van der Waals surface area contributed by atoms with Crippen molar-refractivity contribution in [3.05, 3.63) is 28.8 Å². The molecule has 0 aromatic heterocycles. The molecular formula is C12H13ClF3NO3S. The van der Waals surface area contributed by atoms with Crippen molar-refractivity contribution in [3.8, 4) is 0 Å². The third kappa shape index (κ3) is 4.09. The molecule has 0 spiro atoms. The molecule has 4 nitrogen and oxygen atoms in total. The molecule has 0 aliphatic carbocycles. The van der Waals surface area contributed by atoms with E-state index in [-0.39, 0.29) is 17.7 Å². The predicted molar refractivity (Wildman–Crippen MR) is 70.6 cm³/mol. The number of nitrogens with one attached hydrogen (secondary N) is 1. The van der Waals surface area contributed by atoms with Crippen LogP contribution in [0.5, 0.6) is 0 Å². The van der Waals surface area contributed by atoms with E-state index in [1.165, 1.54) is 0 Å². The molecule has 1 saturated heterocycles. The van der Waals surface area contributed by atoms with Crippen molar-refractivity contribution in [3.63, 3.8) is 0 Å². The zero-order valence-electron chi connectivity index (χ0n) is 10.8. The zero-order chi connectivity index (χ0) is 15.7. The van der Waals surface area contributed by atoms with Crippen LogP contribution in [0.4, 0.5) is 13.2 Å². The molecule has 1 aliphatic heterocycles. The van der Waals surface area contributed by atoms with Gasteiger partial charge in [-0.1, -0.05) is 11.6 Å². The first-order valence-electron chi connectivity index (χ1n) is 6.18. The summed E-state index contributed by atoms with van der Waals surface area (Å²) in [7, 11) is -4.12. The Hall–Kier alpha value is -0.830.